The van der Waals surface area contributed by atoms with Crippen LogP contribution in [0.1, 0.15) is 41.0 Å². The minimum atomic E-state index is -0.560. The van der Waals surface area contributed by atoms with Crippen LogP contribution in [0.2, 0.25) is 0 Å². The van der Waals surface area contributed by atoms with Gasteiger partial charge in [-0.25, -0.2) is 4.39 Å². The molecular weight excluding hydrogens is 309 g/mol. The van der Waals surface area contributed by atoms with Gasteiger partial charge in [0, 0.05) is 12.1 Å². The standard InChI is InChI=1S/C19H32FNO3/c1-18(2,3)14-19(4,5)21-12-16(22)13-23-10-11-24-17-8-6-15(20)7-9-17/h6-9,16,21-22H,10-14H2,1-5H3/t16-/m0/s1. The maximum absolute atomic E-state index is 12.8. The fourth-order valence-corrected chi connectivity index (χ4v) is 2.81. The Kier molecular flexibility index (Phi) is 8.13. The van der Waals surface area contributed by atoms with E-state index in [1.165, 1.54) is 12.1 Å². The van der Waals surface area contributed by atoms with Crippen molar-refractivity contribution in [2.75, 3.05) is 26.4 Å². The Morgan fingerprint density at radius 3 is 2.29 bits per heavy atom. The predicted molar refractivity (Wildman–Crippen MR) is 94.9 cm³/mol. The minimum absolute atomic E-state index is 0.0368. The first-order valence-electron chi connectivity index (χ1n) is 8.47. The van der Waals surface area contributed by atoms with Crippen LogP contribution in [0.5, 0.6) is 5.75 Å². The largest absolute Gasteiger partial charge is 0.491 e. The third-order valence-corrected chi connectivity index (χ3v) is 3.41. The number of aliphatic hydroxyl groups is 1. The van der Waals surface area contributed by atoms with Crippen LogP contribution >= 0.6 is 0 Å². The molecule has 0 aliphatic heterocycles. The summed E-state index contributed by atoms with van der Waals surface area (Å²) >= 11 is 0. The zero-order valence-corrected chi connectivity index (χ0v) is 15.6. The lowest BCUT2D eigenvalue weighted by Crippen LogP contribution is -2.46. The van der Waals surface area contributed by atoms with E-state index in [1.54, 1.807) is 12.1 Å². The SMILES string of the molecule is CC(C)(C)CC(C)(C)NC[C@H](O)COCCOc1ccc(F)cc1. The highest BCUT2D eigenvalue weighted by Crippen LogP contribution is 2.26. The molecular formula is C19H32FNO3. The molecule has 0 spiro atoms. The minimum Gasteiger partial charge on any atom is -0.491 e. The predicted octanol–water partition coefficient (Wildman–Crippen LogP) is 3.39. The van der Waals surface area contributed by atoms with E-state index in [9.17, 15) is 9.50 Å². The molecule has 0 aromatic heterocycles. The summed E-state index contributed by atoms with van der Waals surface area (Å²) in [6.45, 7) is 12.4. The van der Waals surface area contributed by atoms with Crippen molar-refractivity contribution in [3.63, 3.8) is 0 Å². The van der Waals surface area contributed by atoms with Crippen molar-refractivity contribution in [2.24, 2.45) is 5.41 Å². The first kappa shape index (κ1) is 20.9. The Labute approximate surface area is 145 Å². The molecule has 4 nitrogen and oxygen atoms in total. The van der Waals surface area contributed by atoms with Gasteiger partial charge in [0.2, 0.25) is 0 Å². The zero-order valence-electron chi connectivity index (χ0n) is 15.6. The average molecular weight is 341 g/mol. The maximum atomic E-state index is 12.8. The van der Waals surface area contributed by atoms with Crippen molar-refractivity contribution in [3.05, 3.63) is 30.1 Å². The molecule has 0 fully saturated rings. The molecule has 0 radical (unpaired) electrons. The molecule has 0 bridgehead atoms. The van der Waals surface area contributed by atoms with Crippen molar-refractivity contribution in [3.8, 4) is 5.75 Å². The van der Waals surface area contributed by atoms with Crippen molar-refractivity contribution in [1.82, 2.24) is 5.32 Å². The van der Waals surface area contributed by atoms with E-state index in [2.05, 4.69) is 39.9 Å². The number of hydrogen-bond acceptors (Lipinski definition) is 4. The first-order valence-corrected chi connectivity index (χ1v) is 8.47. The second-order valence-electron chi connectivity index (χ2n) is 8.03. The molecule has 0 aliphatic carbocycles. The van der Waals surface area contributed by atoms with E-state index in [0.717, 1.165) is 6.42 Å². The highest BCUT2D eigenvalue weighted by Gasteiger charge is 2.25. The van der Waals surface area contributed by atoms with Crippen molar-refractivity contribution < 1.29 is 19.0 Å². The van der Waals surface area contributed by atoms with Gasteiger partial charge in [-0.3, -0.25) is 0 Å². The molecule has 0 aliphatic rings. The summed E-state index contributed by atoms with van der Waals surface area (Å²) in [5.41, 5.74) is 0.195. The molecule has 0 heterocycles. The number of aliphatic hydroxyl groups excluding tert-OH is 1. The summed E-state index contributed by atoms with van der Waals surface area (Å²) in [6, 6.07) is 5.85. The van der Waals surface area contributed by atoms with E-state index in [0.29, 0.717) is 25.5 Å². The summed E-state index contributed by atoms with van der Waals surface area (Å²) in [5.74, 6) is 0.315. The monoisotopic (exact) mass is 341 g/mol. The molecule has 1 atom stereocenters. The molecule has 0 saturated heterocycles. The van der Waals surface area contributed by atoms with Gasteiger partial charge in [0.25, 0.3) is 0 Å². The molecule has 24 heavy (non-hydrogen) atoms. The molecule has 1 aromatic carbocycles. The Bertz CT molecular complexity index is 468. The third kappa shape index (κ3) is 9.85. The number of rotatable bonds is 10. The highest BCUT2D eigenvalue weighted by atomic mass is 19.1. The summed E-state index contributed by atoms with van der Waals surface area (Å²) in [7, 11) is 0. The van der Waals surface area contributed by atoms with Crippen molar-refractivity contribution in [2.45, 2.75) is 52.7 Å². The van der Waals surface area contributed by atoms with Crippen LogP contribution in [0.3, 0.4) is 0 Å². The van der Waals surface area contributed by atoms with Crippen LogP contribution in [-0.2, 0) is 4.74 Å². The third-order valence-electron chi connectivity index (χ3n) is 3.41. The van der Waals surface area contributed by atoms with Gasteiger partial charge in [0.05, 0.1) is 19.3 Å². The van der Waals surface area contributed by atoms with Crippen LogP contribution in [0.15, 0.2) is 24.3 Å². The summed E-state index contributed by atoms with van der Waals surface area (Å²) in [5, 5.41) is 13.4. The molecule has 2 N–H and O–H groups in total. The van der Waals surface area contributed by atoms with Gasteiger partial charge in [0.15, 0.2) is 0 Å². The Hall–Kier alpha value is -1.17. The molecule has 0 unspecified atom stereocenters. The molecule has 0 saturated carbocycles. The van der Waals surface area contributed by atoms with Gasteiger partial charge in [-0.05, 0) is 49.9 Å². The number of benzene rings is 1. The van der Waals surface area contributed by atoms with E-state index in [-0.39, 0.29) is 23.4 Å². The summed E-state index contributed by atoms with van der Waals surface area (Å²) in [4.78, 5) is 0. The Balaban J connectivity index is 2.13. The molecule has 1 aromatic rings. The van der Waals surface area contributed by atoms with E-state index in [4.69, 9.17) is 9.47 Å². The Morgan fingerprint density at radius 1 is 1.08 bits per heavy atom. The smallest absolute Gasteiger partial charge is 0.123 e. The van der Waals surface area contributed by atoms with Crippen LogP contribution in [0.25, 0.3) is 0 Å². The van der Waals surface area contributed by atoms with Gasteiger partial charge in [0.1, 0.15) is 18.2 Å². The van der Waals surface area contributed by atoms with Gasteiger partial charge >= 0.3 is 0 Å². The van der Waals surface area contributed by atoms with Gasteiger partial charge in [-0.15, -0.1) is 0 Å². The van der Waals surface area contributed by atoms with Crippen molar-refractivity contribution in [1.29, 1.82) is 0 Å². The van der Waals surface area contributed by atoms with E-state index >= 15 is 0 Å². The zero-order chi connectivity index (χ0) is 18.2. The van der Waals surface area contributed by atoms with Gasteiger partial charge < -0.3 is 19.9 Å². The topological polar surface area (TPSA) is 50.7 Å². The molecule has 138 valence electrons. The quantitative estimate of drug-likeness (QED) is 0.641. The fraction of sp³-hybridized carbons (Fsp3) is 0.684. The highest BCUT2D eigenvalue weighted by molar-refractivity contribution is 5.21. The molecule has 5 heteroatoms. The average Bonchev–Trinajstić information content (AvgIpc) is 2.44. The lowest BCUT2D eigenvalue weighted by atomic mass is 9.82. The van der Waals surface area contributed by atoms with Gasteiger partial charge in [-0.2, -0.15) is 0 Å². The normalized spacial score (nSPS) is 13.8. The summed E-state index contributed by atoms with van der Waals surface area (Å²) in [6.07, 6.45) is 0.453. The van der Waals surface area contributed by atoms with E-state index < -0.39 is 6.10 Å². The van der Waals surface area contributed by atoms with Crippen molar-refractivity contribution >= 4 is 0 Å². The number of ether oxygens (including phenoxy) is 2. The first-order chi connectivity index (χ1) is 11.1. The van der Waals surface area contributed by atoms with E-state index in [1.807, 2.05) is 0 Å². The number of nitrogens with one attached hydrogen (secondary N) is 1. The van der Waals surface area contributed by atoms with Crippen LogP contribution in [-0.4, -0.2) is 43.1 Å². The lowest BCUT2D eigenvalue weighted by Gasteiger charge is -2.34. The van der Waals surface area contributed by atoms with Crippen LogP contribution in [0, 0.1) is 11.2 Å². The fourth-order valence-electron chi connectivity index (χ4n) is 2.81. The van der Waals surface area contributed by atoms with Gasteiger partial charge in [-0.1, -0.05) is 20.8 Å². The number of hydrogen-bond donors (Lipinski definition) is 2. The summed E-state index contributed by atoms with van der Waals surface area (Å²) < 4.78 is 23.6. The second-order valence-corrected chi connectivity index (χ2v) is 8.03. The number of halogens is 1. The molecule has 1 rings (SSSR count). The molecule has 0 amide bonds. The lowest BCUT2D eigenvalue weighted by molar-refractivity contribution is 0.0211. The second kappa shape index (κ2) is 9.35. The van der Waals surface area contributed by atoms with Crippen LogP contribution < -0.4 is 10.1 Å². The Morgan fingerprint density at radius 2 is 1.71 bits per heavy atom. The maximum Gasteiger partial charge on any atom is 0.123 e. The van der Waals surface area contributed by atoms with Crippen LogP contribution in [0.4, 0.5) is 4.39 Å². The number of β-amino-alcohol motifs (C(OH)–C–C–N with tert-alkyl or cyclic N) is 1.